The van der Waals surface area contributed by atoms with Crippen LogP contribution in [-0.2, 0) is 71.2 Å². The molecule has 11 rings (SSSR count). The first-order valence-electron chi connectivity index (χ1n) is 33.8. The molecule has 2 unspecified atom stereocenters. The Bertz CT molecular complexity index is 2800. The maximum Gasteiger partial charge on any atom is 0.335 e. The summed E-state index contributed by atoms with van der Waals surface area (Å²) in [6.45, 7) is 15.9. The molecule has 0 spiro atoms. The van der Waals surface area contributed by atoms with E-state index in [1.807, 2.05) is 0 Å². The summed E-state index contributed by atoms with van der Waals surface area (Å²) in [5.41, 5.74) is -3.28. The van der Waals surface area contributed by atoms with Crippen LogP contribution in [0.25, 0.3) is 0 Å². The highest BCUT2D eigenvalue weighted by atomic mass is 16.8. The van der Waals surface area contributed by atoms with Gasteiger partial charge in [0.25, 0.3) is 0 Å². The minimum Gasteiger partial charge on any atom is -0.479 e. The average Bonchev–Trinajstić information content (AvgIpc) is 0.676. The fourth-order valence-electron chi connectivity index (χ4n) is 18.9. The molecule has 0 aromatic heterocycles. The van der Waals surface area contributed by atoms with E-state index in [0.29, 0.717) is 57.8 Å². The maximum absolute atomic E-state index is 16.0. The number of esters is 1. The number of aldehydes is 1. The highest BCUT2D eigenvalue weighted by Gasteiger charge is 2.71. The van der Waals surface area contributed by atoms with Crippen LogP contribution in [0.3, 0.4) is 0 Å². The van der Waals surface area contributed by atoms with Gasteiger partial charge in [-0.15, -0.1) is 0 Å². The molecule has 31 heteroatoms. The molecule has 16 N–H and O–H groups in total. The van der Waals surface area contributed by atoms with Gasteiger partial charge >= 0.3 is 11.9 Å². The van der Waals surface area contributed by atoms with Crippen molar-refractivity contribution in [2.24, 2.45) is 50.2 Å². The maximum atomic E-state index is 16.0. The van der Waals surface area contributed by atoms with E-state index in [2.05, 4.69) is 40.7 Å². The number of allylic oxidation sites excluding steroid dienone is 2. The third kappa shape index (κ3) is 12.5. The van der Waals surface area contributed by atoms with Crippen molar-refractivity contribution in [1.82, 2.24) is 0 Å². The summed E-state index contributed by atoms with van der Waals surface area (Å²) in [4.78, 5) is 42.4. The van der Waals surface area contributed by atoms with Crippen molar-refractivity contribution in [3.63, 3.8) is 0 Å². The zero-order valence-electron chi connectivity index (χ0n) is 55.5. The lowest BCUT2D eigenvalue weighted by molar-refractivity contribution is -0.390. The first kappa shape index (κ1) is 74.5. The van der Waals surface area contributed by atoms with Gasteiger partial charge in [-0.1, -0.05) is 53.2 Å². The predicted molar refractivity (Wildman–Crippen MR) is 319 cm³/mol. The topological polar surface area (TPSA) is 486 Å². The van der Waals surface area contributed by atoms with Crippen LogP contribution < -0.4 is 0 Å². The number of carboxylic acids is 1. The minimum atomic E-state index is -2.10. The van der Waals surface area contributed by atoms with E-state index in [-0.39, 0.29) is 23.7 Å². The van der Waals surface area contributed by atoms with E-state index in [1.54, 1.807) is 6.92 Å². The highest BCUT2D eigenvalue weighted by molar-refractivity contribution is 5.79. The Hall–Kier alpha value is -2.69. The molecule has 11 aliphatic rings. The third-order valence-corrected chi connectivity index (χ3v) is 25.1. The smallest absolute Gasteiger partial charge is 0.335 e. The largest absolute Gasteiger partial charge is 0.479 e. The van der Waals surface area contributed by atoms with Gasteiger partial charge in [0.1, 0.15) is 116 Å². The first-order valence-corrected chi connectivity index (χ1v) is 33.8. The van der Waals surface area contributed by atoms with E-state index in [0.717, 1.165) is 11.9 Å². The fraction of sp³-hybridized carbons (Fsp3) is 0.923. The number of carbonyl (C=O) groups is 3. The normalized spacial score (nSPS) is 55.0. The number of aliphatic carboxylic acids is 1. The Labute approximate surface area is 555 Å². The van der Waals surface area contributed by atoms with Crippen LogP contribution in [0.4, 0.5) is 0 Å². The molecule has 5 aliphatic carbocycles. The van der Waals surface area contributed by atoms with E-state index in [9.17, 15) is 91.3 Å². The van der Waals surface area contributed by atoms with Crippen molar-refractivity contribution in [2.45, 2.75) is 311 Å². The number of fused-ring (bicyclic) bond motifs is 7. The number of rotatable bonds is 15. The Balaban J connectivity index is 0.865. The van der Waals surface area contributed by atoms with Crippen molar-refractivity contribution in [2.75, 3.05) is 13.2 Å². The number of hydrogen-bond donors (Lipinski definition) is 16. The second kappa shape index (κ2) is 27.5. The molecule has 0 radical (unpaired) electrons. The Morgan fingerprint density at radius 3 is 1.75 bits per heavy atom. The van der Waals surface area contributed by atoms with Gasteiger partial charge in [-0.2, -0.15) is 0 Å². The fourth-order valence-corrected chi connectivity index (χ4v) is 18.9. The van der Waals surface area contributed by atoms with Crippen LogP contribution in [0, 0.1) is 50.2 Å². The van der Waals surface area contributed by atoms with Crippen molar-refractivity contribution in [3.8, 4) is 0 Å². The summed E-state index contributed by atoms with van der Waals surface area (Å²) in [7, 11) is 0. The van der Waals surface area contributed by atoms with Gasteiger partial charge in [0.05, 0.1) is 48.5 Å². The Morgan fingerprint density at radius 2 is 1.09 bits per heavy atom. The van der Waals surface area contributed by atoms with E-state index < -0.39 is 242 Å². The lowest BCUT2D eigenvalue weighted by Crippen LogP contribution is -2.68. The summed E-state index contributed by atoms with van der Waals surface area (Å²) in [6.07, 6.45) is -43.0. The summed E-state index contributed by atoms with van der Waals surface area (Å²) < 4.78 is 72.9. The number of ether oxygens (including phenoxy) is 12. The van der Waals surface area contributed by atoms with Gasteiger partial charge in [0.15, 0.2) is 43.7 Å². The lowest BCUT2D eigenvalue weighted by Gasteiger charge is -2.71. The molecule has 96 heavy (non-hydrogen) atoms. The molecule has 10 fully saturated rings. The van der Waals surface area contributed by atoms with Crippen LogP contribution in [0.15, 0.2) is 11.6 Å². The Kier molecular flexibility index (Phi) is 21.3. The molecule has 31 nitrogen and oxygen atoms in total. The van der Waals surface area contributed by atoms with Gasteiger partial charge in [-0.3, -0.25) is 4.79 Å². The number of aliphatic hydroxyl groups excluding tert-OH is 15. The molecular weight excluding hydrogens is 1280 g/mol. The van der Waals surface area contributed by atoms with Gasteiger partial charge in [-0.05, 0) is 124 Å². The van der Waals surface area contributed by atoms with Crippen molar-refractivity contribution >= 4 is 18.2 Å². The molecule has 6 heterocycles. The molecule has 0 amide bonds. The second-order valence-electron chi connectivity index (χ2n) is 31.1. The number of carboxylic acid groups (broad SMARTS) is 1. The van der Waals surface area contributed by atoms with E-state index in [4.69, 9.17) is 56.8 Å². The first-order chi connectivity index (χ1) is 44.9. The number of carbonyl (C=O) groups excluding carboxylic acids is 2. The average molecular weight is 1380 g/mol. The van der Waals surface area contributed by atoms with Crippen molar-refractivity contribution < 1.29 is 153 Å². The number of hydrogen-bond acceptors (Lipinski definition) is 30. The van der Waals surface area contributed by atoms with Crippen LogP contribution in [-0.4, -0.2) is 297 Å². The van der Waals surface area contributed by atoms with Crippen LogP contribution in [0.5, 0.6) is 0 Å². The lowest BCUT2D eigenvalue weighted by atomic mass is 9.33. The molecule has 4 saturated carbocycles. The SMILES string of the molecule is C[C@@H]1O[C@@H](O[C@H]2[C@H](OC(=O)[C@]34CCC(C)(C)C[C@H]3C3=CC[C@@H]5[C@@]6(C)CC[C@H](O[C@@H]7O[C@H](C(=O)O)[C@@H](O)[C@H](O)[C@H]7O[C@@H]7O[C@H](CO)[C@H](O)[C@H](O)[C@H]7O)[C@@](C)(C=O)[C@@H]6CC[C@@]5(C)[C@]3(C)CC4)O[C@H](C)[C@H](O)[C@@H]2O[C@@H]2O[C@@H](C)[C@H](O)[C@@H](O)[C@H]2O)[C@H](O)[C@H](O)C1OC1OC[C@@H](O)[C@H](O)[C@H]1O. The molecule has 38 atom stereocenters. The van der Waals surface area contributed by atoms with Crippen LogP contribution in [0.2, 0.25) is 0 Å². The van der Waals surface area contributed by atoms with Gasteiger partial charge < -0.3 is 143 Å². The van der Waals surface area contributed by atoms with Crippen LogP contribution >= 0.6 is 0 Å². The molecule has 0 aromatic rings. The predicted octanol–water partition coefficient (Wildman–Crippen LogP) is -3.39. The minimum absolute atomic E-state index is 0.0673. The van der Waals surface area contributed by atoms with Crippen molar-refractivity contribution in [3.05, 3.63) is 11.6 Å². The molecule has 0 bridgehead atoms. The Morgan fingerprint density at radius 1 is 0.531 bits per heavy atom. The molecule has 6 saturated heterocycles. The highest BCUT2D eigenvalue weighted by Crippen LogP contribution is 2.76. The standard InChI is InChI=1S/C65H102O31/c1-24-34(69)38(73)44(79)54(86-24)92-48-35(70)25(2)87-58(51(48)95-55-46(81)42(77)47(26(3)88-55)91-53-43(78)36(71)29(68)22-85-53)96-59(84)65-18-16-60(4,5)20-28(65)27-10-11-32-61(6)14-13-33(62(7,23-67)31(61)12-15-64(32,9)63(27,8)17-19-65)90-57-50(41(76)40(75)49(93-57)52(82)83)94-56-45(80)39(74)37(72)30(21-66)89-56/h10,23-26,28-51,53-58,66,68-81H,11-22H2,1-9H3,(H,82,83)/t24-,25+,26-,28-,29+,30+,31+,32+,33-,34-,35-,36-,37-,38+,39-,40-,41-,42-,43+,44+,45+,46+,47?,48-,49-,50+,51+,53?,54-,55-,56-,57+,58-,61-,62-,63+,64+,65-/m0/s1. The third-order valence-electron chi connectivity index (χ3n) is 25.1. The van der Waals surface area contributed by atoms with Crippen LogP contribution in [0.1, 0.15) is 127 Å². The molecule has 6 aliphatic heterocycles. The van der Waals surface area contributed by atoms with Gasteiger partial charge in [0, 0.05) is 0 Å². The summed E-state index contributed by atoms with van der Waals surface area (Å²) in [5.74, 6) is -3.17. The molecular formula is C65H102O31. The zero-order valence-corrected chi connectivity index (χ0v) is 55.5. The molecule has 548 valence electrons. The zero-order chi connectivity index (χ0) is 70.2. The monoisotopic (exact) mass is 1380 g/mol. The molecule has 0 aromatic carbocycles. The van der Waals surface area contributed by atoms with E-state index in [1.165, 1.54) is 20.8 Å². The summed E-state index contributed by atoms with van der Waals surface area (Å²) >= 11 is 0. The summed E-state index contributed by atoms with van der Waals surface area (Å²) in [6, 6.07) is 0. The van der Waals surface area contributed by atoms with Gasteiger partial charge in [-0.25, -0.2) is 4.79 Å². The van der Waals surface area contributed by atoms with Gasteiger partial charge in [0.2, 0.25) is 6.29 Å². The second-order valence-corrected chi connectivity index (χ2v) is 31.1. The van der Waals surface area contributed by atoms with Crippen molar-refractivity contribution in [1.29, 1.82) is 0 Å². The summed E-state index contributed by atoms with van der Waals surface area (Å²) in [5, 5.41) is 174. The quantitative estimate of drug-likeness (QED) is 0.0329. The number of aliphatic hydroxyl groups is 15. The van der Waals surface area contributed by atoms with E-state index >= 15 is 4.79 Å².